The fourth-order valence-corrected chi connectivity index (χ4v) is 9.33. The molecule has 1 heterocycles. The number of nitrogens with zero attached hydrogens (tertiary/aromatic N) is 2. The summed E-state index contributed by atoms with van der Waals surface area (Å²) in [6, 6.07) is 79.6. The van der Waals surface area contributed by atoms with E-state index in [4.69, 9.17) is 4.98 Å². The molecule has 0 amide bonds. The molecule has 0 saturated heterocycles. The van der Waals surface area contributed by atoms with Crippen molar-refractivity contribution in [2.45, 2.75) is 0 Å². The lowest BCUT2D eigenvalue weighted by Gasteiger charge is -2.19. The summed E-state index contributed by atoms with van der Waals surface area (Å²) in [6.07, 6.45) is 0. The molecule has 59 heavy (non-hydrogen) atoms. The monoisotopic (exact) mass is 748 g/mol. The molecule has 2 nitrogen and oxygen atoms in total. The first-order chi connectivity index (χ1) is 29.2. The summed E-state index contributed by atoms with van der Waals surface area (Å²) >= 11 is 0. The van der Waals surface area contributed by atoms with Crippen LogP contribution in [0.25, 0.3) is 115 Å². The molecular weight excluding hydrogens is 713 g/mol. The van der Waals surface area contributed by atoms with Crippen LogP contribution in [0.15, 0.2) is 218 Å². The number of aromatic nitrogens is 2. The van der Waals surface area contributed by atoms with Crippen molar-refractivity contribution in [3.63, 3.8) is 0 Å². The van der Waals surface area contributed by atoms with Gasteiger partial charge in [-0.15, -0.1) is 0 Å². The van der Waals surface area contributed by atoms with Gasteiger partial charge in [0.1, 0.15) is 5.82 Å². The molecule has 1 aromatic heterocycles. The third-order valence-corrected chi connectivity index (χ3v) is 12.1. The lowest BCUT2D eigenvalue weighted by atomic mass is 9.84. The fraction of sp³-hybridized carbons (Fsp3) is 0. The summed E-state index contributed by atoms with van der Waals surface area (Å²) in [5.74, 6) is 0.934. The first-order valence-electron chi connectivity index (χ1n) is 20.3. The number of fused-ring (bicyclic) bond motifs is 7. The molecule has 0 N–H and O–H groups in total. The van der Waals surface area contributed by atoms with Crippen molar-refractivity contribution >= 4 is 64.9 Å². The second kappa shape index (κ2) is 13.4. The molecule has 274 valence electrons. The van der Waals surface area contributed by atoms with Crippen molar-refractivity contribution in [3.05, 3.63) is 218 Å². The van der Waals surface area contributed by atoms with Crippen LogP contribution in [0.2, 0.25) is 0 Å². The van der Waals surface area contributed by atoms with Gasteiger partial charge in [0, 0.05) is 16.6 Å². The van der Waals surface area contributed by atoms with Crippen LogP contribution in [-0.4, -0.2) is 9.55 Å². The number of benzene rings is 11. The molecule has 0 aliphatic carbocycles. The van der Waals surface area contributed by atoms with Crippen LogP contribution in [0, 0.1) is 0 Å². The minimum Gasteiger partial charge on any atom is -0.292 e. The van der Waals surface area contributed by atoms with E-state index in [1.165, 1.54) is 76.3 Å². The molecule has 0 bridgehead atoms. The van der Waals surface area contributed by atoms with E-state index in [0.717, 1.165) is 39.1 Å². The lowest BCUT2D eigenvalue weighted by Crippen LogP contribution is -1.97. The Bertz CT molecular complexity index is 3600. The molecule has 0 fully saturated rings. The average Bonchev–Trinajstić information content (AvgIpc) is 3.71. The van der Waals surface area contributed by atoms with Gasteiger partial charge in [0.15, 0.2) is 0 Å². The fourth-order valence-electron chi connectivity index (χ4n) is 9.33. The average molecular weight is 749 g/mol. The Hall–Kier alpha value is -7.81. The van der Waals surface area contributed by atoms with E-state index in [1.54, 1.807) is 0 Å². The molecule has 0 aliphatic heterocycles. The van der Waals surface area contributed by atoms with E-state index >= 15 is 0 Å². The Morgan fingerprint density at radius 2 is 0.780 bits per heavy atom. The van der Waals surface area contributed by atoms with E-state index in [0.29, 0.717) is 0 Å². The van der Waals surface area contributed by atoms with Gasteiger partial charge in [-0.25, -0.2) is 4.98 Å². The zero-order valence-corrected chi connectivity index (χ0v) is 32.2. The minimum atomic E-state index is 0.934. The van der Waals surface area contributed by atoms with Crippen LogP contribution < -0.4 is 0 Å². The van der Waals surface area contributed by atoms with Crippen LogP contribution in [0.1, 0.15) is 0 Å². The molecule has 0 aliphatic rings. The highest BCUT2D eigenvalue weighted by Crippen LogP contribution is 2.46. The molecule has 0 radical (unpaired) electrons. The predicted molar refractivity (Wildman–Crippen MR) is 250 cm³/mol. The maximum Gasteiger partial charge on any atom is 0.145 e. The van der Waals surface area contributed by atoms with E-state index in [1.807, 2.05) is 0 Å². The molecule has 12 aromatic rings. The Morgan fingerprint density at radius 1 is 0.288 bits per heavy atom. The number of rotatable bonds is 5. The van der Waals surface area contributed by atoms with E-state index < -0.39 is 0 Å². The number of imidazole rings is 1. The Morgan fingerprint density at radius 3 is 1.44 bits per heavy atom. The molecule has 0 atom stereocenters. The van der Waals surface area contributed by atoms with Crippen molar-refractivity contribution in [1.82, 2.24) is 9.55 Å². The Balaban J connectivity index is 1.07. The lowest BCUT2D eigenvalue weighted by molar-refractivity contribution is 1.10. The Kier molecular flexibility index (Phi) is 7.57. The summed E-state index contributed by atoms with van der Waals surface area (Å²) in [6.45, 7) is 0. The van der Waals surface area contributed by atoms with Crippen molar-refractivity contribution < 1.29 is 0 Å². The SMILES string of the molecule is c1ccc(-c2nc3c4ccccc4ccc3n2-c2ccc(-c3ccc4c(-c5ccc6ccccc6c5)c5ccccc5c(-c5ccc6ccccc6c5)c4c3)cc2)cc1. The van der Waals surface area contributed by atoms with Gasteiger partial charge in [0.2, 0.25) is 0 Å². The van der Waals surface area contributed by atoms with Gasteiger partial charge in [-0.1, -0.05) is 182 Å². The zero-order valence-electron chi connectivity index (χ0n) is 32.2. The zero-order chi connectivity index (χ0) is 38.9. The smallest absolute Gasteiger partial charge is 0.145 e. The van der Waals surface area contributed by atoms with E-state index in [2.05, 4.69) is 223 Å². The van der Waals surface area contributed by atoms with Gasteiger partial charge in [0.05, 0.1) is 11.0 Å². The van der Waals surface area contributed by atoms with Gasteiger partial charge in [0.25, 0.3) is 0 Å². The van der Waals surface area contributed by atoms with Gasteiger partial charge in [-0.2, -0.15) is 0 Å². The van der Waals surface area contributed by atoms with Gasteiger partial charge in [-0.3, -0.25) is 4.57 Å². The largest absolute Gasteiger partial charge is 0.292 e. The summed E-state index contributed by atoms with van der Waals surface area (Å²) in [5.41, 5.74) is 11.6. The van der Waals surface area contributed by atoms with Crippen LogP contribution in [0.3, 0.4) is 0 Å². The molecule has 0 saturated carbocycles. The maximum atomic E-state index is 5.30. The molecule has 0 unspecified atom stereocenters. The third kappa shape index (κ3) is 5.45. The molecule has 12 rings (SSSR count). The number of hydrogen-bond donors (Lipinski definition) is 0. The highest BCUT2D eigenvalue weighted by Gasteiger charge is 2.20. The molecule has 2 heteroatoms. The maximum absolute atomic E-state index is 5.30. The van der Waals surface area contributed by atoms with Crippen LogP contribution in [0.5, 0.6) is 0 Å². The Labute approximate surface area is 341 Å². The first kappa shape index (κ1) is 33.3. The standard InChI is InChI=1S/C57H36N2/c1-2-15-41(16-3-1)57-58-56-48-19-9-8-14-40(48)29-33-53(56)59(57)47-30-26-39(27-31-47)44-28-32-51-52(36-44)55(46-25-23-38-13-5-7-18-43(38)35-46)50-21-11-10-20-49(50)54(51)45-24-22-37-12-4-6-17-42(37)34-45/h1-36H. The minimum absolute atomic E-state index is 0.934. The predicted octanol–water partition coefficient (Wildman–Crippen LogP) is 15.5. The van der Waals surface area contributed by atoms with E-state index in [-0.39, 0.29) is 0 Å². The first-order valence-corrected chi connectivity index (χ1v) is 20.3. The summed E-state index contributed by atoms with van der Waals surface area (Å²) in [7, 11) is 0. The second-order valence-corrected chi connectivity index (χ2v) is 15.5. The highest BCUT2D eigenvalue weighted by atomic mass is 15.1. The van der Waals surface area contributed by atoms with Gasteiger partial charge >= 0.3 is 0 Å². The molecular formula is C57H36N2. The quantitative estimate of drug-likeness (QED) is 0.160. The number of hydrogen-bond acceptors (Lipinski definition) is 1. The summed E-state index contributed by atoms with van der Waals surface area (Å²) in [5, 5.41) is 12.3. The van der Waals surface area contributed by atoms with Crippen molar-refractivity contribution in [2.24, 2.45) is 0 Å². The normalized spacial score (nSPS) is 11.7. The van der Waals surface area contributed by atoms with Crippen molar-refractivity contribution in [1.29, 1.82) is 0 Å². The third-order valence-electron chi connectivity index (χ3n) is 12.1. The van der Waals surface area contributed by atoms with Gasteiger partial charge in [-0.05, 0) is 118 Å². The van der Waals surface area contributed by atoms with Crippen molar-refractivity contribution in [2.75, 3.05) is 0 Å². The van der Waals surface area contributed by atoms with Gasteiger partial charge < -0.3 is 0 Å². The van der Waals surface area contributed by atoms with Crippen LogP contribution in [0.4, 0.5) is 0 Å². The topological polar surface area (TPSA) is 17.8 Å². The van der Waals surface area contributed by atoms with Crippen molar-refractivity contribution in [3.8, 4) is 50.5 Å². The second-order valence-electron chi connectivity index (χ2n) is 15.5. The van der Waals surface area contributed by atoms with Crippen LogP contribution >= 0.6 is 0 Å². The molecule has 0 spiro atoms. The highest BCUT2D eigenvalue weighted by molar-refractivity contribution is 6.22. The van der Waals surface area contributed by atoms with Crippen LogP contribution in [-0.2, 0) is 0 Å². The molecule has 11 aromatic carbocycles. The summed E-state index contributed by atoms with van der Waals surface area (Å²) in [4.78, 5) is 5.30. The van der Waals surface area contributed by atoms with E-state index in [9.17, 15) is 0 Å². The summed E-state index contributed by atoms with van der Waals surface area (Å²) < 4.78 is 2.31.